The van der Waals surface area contributed by atoms with Crippen molar-refractivity contribution in [1.82, 2.24) is 0 Å². The van der Waals surface area contributed by atoms with Crippen LogP contribution in [-0.2, 0) is 4.74 Å². The van der Waals surface area contributed by atoms with Gasteiger partial charge < -0.3 is 10.5 Å². The van der Waals surface area contributed by atoms with Crippen LogP contribution in [0.1, 0.15) is 46.0 Å². The molecule has 78 valence electrons. The fourth-order valence-corrected chi connectivity index (χ4v) is 2.21. The summed E-state index contributed by atoms with van der Waals surface area (Å²) in [5.74, 6) is 0.873. The van der Waals surface area contributed by atoms with Crippen molar-refractivity contribution in [1.29, 1.82) is 0 Å². The molecule has 0 spiro atoms. The highest BCUT2D eigenvalue weighted by Gasteiger charge is 2.21. The maximum absolute atomic E-state index is 6.06. The number of hydrogen-bond donors (Lipinski definition) is 1. The zero-order valence-corrected chi connectivity index (χ0v) is 8.96. The third-order valence-electron chi connectivity index (χ3n) is 3.11. The van der Waals surface area contributed by atoms with E-state index in [0.29, 0.717) is 0 Å². The normalized spacial score (nSPS) is 23.3. The van der Waals surface area contributed by atoms with Gasteiger partial charge >= 0.3 is 0 Å². The van der Waals surface area contributed by atoms with Crippen molar-refractivity contribution in [2.45, 2.75) is 58.1 Å². The molecule has 0 aromatic rings. The van der Waals surface area contributed by atoms with Crippen molar-refractivity contribution in [3.63, 3.8) is 0 Å². The maximum atomic E-state index is 6.06. The average molecular weight is 185 g/mol. The van der Waals surface area contributed by atoms with Gasteiger partial charge in [-0.3, -0.25) is 0 Å². The summed E-state index contributed by atoms with van der Waals surface area (Å²) in [5.41, 5.74) is 6.06. The van der Waals surface area contributed by atoms with E-state index >= 15 is 0 Å². The molecule has 1 saturated carbocycles. The molecule has 0 amide bonds. The van der Waals surface area contributed by atoms with Crippen molar-refractivity contribution < 1.29 is 4.74 Å². The zero-order chi connectivity index (χ0) is 9.68. The summed E-state index contributed by atoms with van der Waals surface area (Å²) in [7, 11) is 0. The van der Waals surface area contributed by atoms with Gasteiger partial charge in [0.05, 0.1) is 6.10 Å². The van der Waals surface area contributed by atoms with Crippen LogP contribution in [0.4, 0.5) is 0 Å². The predicted octanol–water partition coefficient (Wildman–Crippen LogP) is 2.32. The van der Waals surface area contributed by atoms with Gasteiger partial charge in [0.2, 0.25) is 0 Å². The first-order valence-corrected chi connectivity index (χ1v) is 5.61. The summed E-state index contributed by atoms with van der Waals surface area (Å²) in [6, 6.07) is 0.239. The molecule has 0 saturated heterocycles. The van der Waals surface area contributed by atoms with E-state index in [9.17, 15) is 0 Å². The van der Waals surface area contributed by atoms with Gasteiger partial charge in [-0.25, -0.2) is 0 Å². The van der Waals surface area contributed by atoms with E-state index in [1.54, 1.807) is 0 Å². The number of hydrogen-bond acceptors (Lipinski definition) is 2. The Bertz CT molecular complexity index is 132. The van der Waals surface area contributed by atoms with Crippen LogP contribution in [0, 0.1) is 5.92 Å². The summed E-state index contributed by atoms with van der Waals surface area (Å²) >= 11 is 0. The molecule has 1 aliphatic rings. The van der Waals surface area contributed by atoms with Crippen molar-refractivity contribution in [3.05, 3.63) is 0 Å². The first-order chi connectivity index (χ1) is 6.24. The predicted molar refractivity (Wildman–Crippen MR) is 55.6 cm³/mol. The molecule has 0 aromatic carbocycles. The van der Waals surface area contributed by atoms with Gasteiger partial charge in [0.25, 0.3) is 0 Å². The SMILES string of the molecule is CCOC(C)C(N)CC1CCCC1. The largest absolute Gasteiger partial charge is 0.377 e. The second-order valence-electron chi connectivity index (χ2n) is 4.21. The van der Waals surface area contributed by atoms with E-state index in [2.05, 4.69) is 6.92 Å². The van der Waals surface area contributed by atoms with Crippen LogP contribution >= 0.6 is 0 Å². The summed E-state index contributed by atoms with van der Waals surface area (Å²) < 4.78 is 5.49. The molecule has 2 unspecified atom stereocenters. The number of nitrogens with two attached hydrogens (primary N) is 1. The number of rotatable bonds is 5. The molecule has 2 N–H and O–H groups in total. The van der Waals surface area contributed by atoms with E-state index in [0.717, 1.165) is 18.9 Å². The molecule has 2 heteroatoms. The molecule has 2 nitrogen and oxygen atoms in total. The van der Waals surface area contributed by atoms with Crippen LogP contribution < -0.4 is 5.73 Å². The van der Waals surface area contributed by atoms with Gasteiger partial charge in [-0.15, -0.1) is 0 Å². The Morgan fingerprint density at radius 2 is 2.00 bits per heavy atom. The molecular weight excluding hydrogens is 162 g/mol. The Balaban J connectivity index is 2.18. The Kier molecular flexibility index (Phi) is 4.74. The third kappa shape index (κ3) is 3.65. The van der Waals surface area contributed by atoms with Crippen molar-refractivity contribution in [2.75, 3.05) is 6.61 Å². The third-order valence-corrected chi connectivity index (χ3v) is 3.11. The second-order valence-corrected chi connectivity index (χ2v) is 4.21. The van der Waals surface area contributed by atoms with Gasteiger partial charge in [0.1, 0.15) is 0 Å². The van der Waals surface area contributed by atoms with Gasteiger partial charge in [-0.1, -0.05) is 25.7 Å². The van der Waals surface area contributed by atoms with Crippen LogP contribution in [0.25, 0.3) is 0 Å². The number of ether oxygens (including phenoxy) is 1. The fourth-order valence-electron chi connectivity index (χ4n) is 2.21. The van der Waals surface area contributed by atoms with Gasteiger partial charge in [-0.2, -0.15) is 0 Å². The quantitative estimate of drug-likeness (QED) is 0.713. The van der Waals surface area contributed by atoms with Crippen molar-refractivity contribution in [2.24, 2.45) is 11.7 Å². The summed E-state index contributed by atoms with van der Waals surface area (Å²) in [6.45, 7) is 4.89. The molecule has 0 heterocycles. The Hall–Kier alpha value is -0.0800. The molecule has 1 fully saturated rings. The molecule has 13 heavy (non-hydrogen) atoms. The molecule has 2 atom stereocenters. The minimum atomic E-state index is 0.227. The van der Waals surface area contributed by atoms with Crippen LogP contribution in [0.2, 0.25) is 0 Å². The standard InChI is InChI=1S/C11H23NO/c1-3-13-9(2)11(12)8-10-6-4-5-7-10/h9-11H,3-8,12H2,1-2H3. The Morgan fingerprint density at radius 3 is 2.54 bits per heavy atom. The minimum absolute atomic E-state index is 0.227. The van der Waals surface area contributed by atoms with Gasteiger partial charge in [0, 0.05) is 12.6 Å². The topological polar surface area (TPSA) is 35.2 Å². The summed E-state index contributed by atoms with van der Waals surface area (Å²) in [4.78, 5) is 0. The lowest BCUT2D eigenvalue weighted by molar-refractivity contribution is 0.0516. The lowest BCUT2D eigenvalue weighted by Gasteiger charge is -2.22. The summed E-state index contributed by atoms with van der Waals surface area (Å²) in [5, 5.41) is 0. The minimum Gasteiger partial charge on any atom is -0.377 e. The monoisotopic (exact) mass is 185 g/mol. The van der Waals surface area contributed by atoms with Gasteiger partial charge in [0.15, 0.2) is 0 Å². The lowest BCUT2D eigenvalue weighted by atomic mass is 9.96. The van der Waals surface area contributed by atoms with E-state index in [1.807, 2.05) is 6.92 Å². The van der Waals surface area contributed by atoms with Crippen LogP contribution in [0.5, 0.6) is 0 Å². The summed E-state index contributed by atoms with van der Waals surface area (Å²) in [6.07, 6.45) is 6.95. The fraction of sp³-hybridized carbons (Fsp3) is 1.00. The first-order valence-electron chi connectivity index (χ1n) is 5.61. The van der Waals surface area contributed by atoms with Crippen LogP contribution in [0.15, 0.2) is 0 Å². The van der Waals surface area contributed by atoms with E-state index in [1.165, 1.54) is 25.7 Å². The molecule has 0 aromatic heterocycles. The molecule has 1 rings (SSSR count). The highest BCUT2D eigenvalue weighted by molar-refractivity contribution is 4.77. The Morgan fingerprint density at radius 1 is 1.38 bits per heavy atom. The Labute approximate surface area is 81.8 Å². The van der Waals surface area contributed by atoms with Gasteiger partial charge in [-0.05, 0) is 26.2 Å². The van der Waals surface area contributed by atoms with Crippen molar-refractivity contribution in [3.8, 4) is 0 Å². The molecule has 0 bridgehead atoms. The molecule has 1 aliphatic carbocycles. The van der Waals surface area contributed by atoms with E-state index in [4.69, 9.17) is 10.5 Å². The highest BCUT2D eigenvalue weighted by Crippen LogP contribution is 2.28. The lowest BCUT2D eigenvalue weighted by Crippen LogP contribution is -2.36. The molecular formula is C11H23NO. The zero-order valence-electron chi connectivity index (χ0n) is 8.96. The first kappa shape index (κ1) is 11.0. The van der Waals surface area contributed by atoms with Crippen LogP contribution in [-0.4, -0.2) is 18.8 Å². The van der Waals surface area contributed by atoms with Crippen molar-refractivity contribution >= 4 is 0 Å². The van der Waals surface area contributed by atoms with E-state index in [-0.39, 0.29) is 12.1 Å². The maximum Gasteiger partial charge on any atom is 0.0697 e. The van der Waals surface area contributed by atoms with E-state index < -0.39 is 0 Å². The highest BCUT2D eigenvalue weighted by atomic mass is 16.5. The molecule has 0 radical (unpaired) electrons. The average Bonchev–Trinajstić information content (AvgIpc) is 2.57. The van der Waals surface area contributed by atoms with Crippen LogP contribution in [0.3, 0.4) is 0 Å². The second kappa shape index (κ2) is 5.61. The smallest absolute Gasteiger partial charge is 0.0697 e. The molecule has 0 aliphatic heterocycles.